The summed E-state index contributed by atoms with van der Waals surface area (Å²) in [6.07, 6.45) is 0. The third-order valence-electron chi connectivity index (χ3n) is 2.42. The first-order chi connectivity index (χ1) is 9.02. The van der Waals surface area contributed by atoms with Gasteiger partial charge >= 0.3 is 0 Å². The molecule has 0 bridgehead atoms. The SMILES string of the molecule is CCNC(=O)[C@H](C)NC(=O)CNc1ccc(Br)cc1. The lowest BCUT2D eigenvalue weighted by Gasteiger charge is -2.14. The van der Waals surface area contributed by atoms with Crippen molar-refractivity contribution in [3.63, 3.8) is 0 Å². The van der Waals surface area contributed by atoms with E-state index in [1.54, 1.807) is 6.92 Å². The van der Waals surface area contributed by atoms with Gasteiger partial charge in [0, 0.05) is 16.7 Å². The zero-order valence-electron chi connectivity index (χ0n) is 11.0. The second kappa shape index (κ2) is 7.78. The summed E-state index contributed by atoms with van der Waals surface area (Å²) in [4.78, 5) is 23.1. The van der Waals surface area contributed by atoms with Crippen LogP contribution in [0.4, 0.5) is 5.69 Å². The van der Waals surface area contributed by atoms with E-state index in [2.05, 4.69) is 31.9 Å². The number of hydrogen-bond donors (Lipinski definition) is 3. The van der Waals surface area contributed by atoms with Gasteiger partial charge < -0.3 is 16.0 Å². The molecule has 1 atom stereocenters. The number of amides is 2. The Morgan fingerprint density at radius 3 is 2.47 bits per heavy atom. The highest BCUT2D eigenvalue weighted by atomic mass is 79.9. The minimum absolute atomic E-state index is 0.130. The van der Waals surface area contributed by atoms with Crippen LogP contribution in [0.25, 0.3) is 0 Å². The molecule has 104 valence electrons. The summed E-state index contributed by atoms with van der Waals surface area (Å²) < 4.78 is 0.979. The Hall–Kier alpha value is -1.56. The molecule has 5 nitrogen and oxygen atoms in total. The van der Waals surface area contributed by atoms with Crippen LogP contribution >= 0.6 is 15.9 Å². The standard InChI is InChI=1S/C13H18BrN3O2/c1-3-15-13(19)9(2)17-12(18)8-16-11-6-4-10(14)5-7-11/h4-7,9,16H,3,8H2,1-2H3,(H,15,19)(H,17,18)/t9-/m0/s1. The van der Waals surface area contributed by atoms with E-state index in [9.17, 15) is 9.59 Å². The van der Waals surface area contributed by atoms with E-state index in [1.807, 2.05) is 31.2 Å². The molecule has 0 aliphatic carbocycles. The first-order valence-corrected chi connectivity index (χ1v) is 6.88. The van der Waals surface area contributed by atoms with E-state index < -0.39 is 6.04 Å². The molecule has 1 rings (SSSR count). The smallest absolute Gasteiger partial charge is 0.242 e. The van der Waals surface area contributed by atoms with E-state index in [1.165, 1.54) is 0 Å². The number of hydrogen-bond acceptors (Lipinski definition) is 3. The molecule has 0 fully saturated rings. The maximum absolute atomic E-state index is 11.6. The zero-order valence-corrected chi connectivity index (χ0v) is 12.6. The normalized spacial score (nSPS) is 11.5. The molecule has 2 amide bonds. The summed E-state index contributed by atoms with van der Waals surface area (Å²) in [7, 11) is 0. The number of nitrogens with one attached hydrogen (secondary N) is 3. The van der Waals surface area contributed by atoms with Gasteiger partial charge in [-0.3, -0.25) is 9.59 Å². The highest BCUT2D eigenvalue weighted by molar-refractivity contribution is 9.10. The minimum Gasteiger partial charge on any atom is -0.376 e. The van der Waals surface area contributed by atoms with Crippen LogP contribution in [0.2, 0.25) is 0 Å². The molecule has 0 radical (unpaired) electrons. The van der Waals surface area contributed by atoms with E-state index in [0.717, 1.165) is 10.2 Å². The van der Waals surface area contributed by atoms with Crippen molar-refractivity contribution < 1.29 is 9.59 Å². The average molecular weight is 328 g/mol. The van der Waals surface area contributed by atoms with Gasteiger partial charge in [-0.05, 0) is 38.1 Å². The van der Waals surface area contributed by atoms with Gasteiger partial charge in [-0.15, -0.1) is 0 Å². The molecule has 0 saturated heterocycles. The molecule has 6 heteroatoms. The molecule has 0 aliphatic rings. The van der Waals surface area contributed by atoms with Gasteiger partial charge in [0.05, 0.1) is 6.54 Å². The lowest BCUT2D eigenvalue weighted by molar-refractivity contribution is -0.127. The molecule has 19 heavy (non-hydrogen) atoms. The molecule has 1 aromatic carbocycles. The summed E-state index contributed by atoms with van der Waals surface area (Å²) >= 11 is 3.34. The predicted octanol–water partition coefficient (Wildman–Crippen LogP) is 1.50. The number of rotatable bonds is 6. The molecule has 0 unspecified atom stereocenters. The van der Waals surface area contributed by atoms with E-state index >= 15 is 0 Å². The topological polar surface area (TPSA) is 70.2 Å². The molecule has 0 spiro atoms. The summed E-state index contributed by atoms with van der Waals surface area (Å²) in [5.74, 6) is -0.402. The van der Waals surface area contributed by atoms with Gasteiger partial charge in [0.2, 0.25) is 11.8 Å². The monoisotopic (exact) mass is 327 g/mol. The third kappa shape index (κ3) is 5.74. The van der Waals surface area contributed by atoms with Crippen LogP contribution in [0.1, 0.15) is 13.8 Å². The van der Waals surface area contributed by atoms with Gasteiger partial charge in [-0.2, -0.15) is 0 Å². The fourth-order valence-electron chi connectivity index (χ4n) is 1.44. The first kappa shape index (κ1) is 15.5. The van der Waals surface area contributed by atoms with Crippen molar-refractivity contribution >= 4 is 33.4 Å². The average Bonchev–Trinajstić information content (AvgIpc) is 2.38. The highest BCUT2D eigenvalue weighted by Crippen LogP contribution is 2.13. The summed E-state index contributed by atoms with van der Waals surface area (Å²) in [6, 6.07) is 6.98. The Bertz CT molecular complexity index is 434. The molecule has 0 aliphatic heterocycles. The van der Waals surface area contributed by atoms with Gasteiger partial charge in [-0.1, -0.05) is 15.9 Å². The molecular weight excluding hydrogens is 310 g/mol. The zero-order chi connectivity index (χ0) is 14.3. The lowest BCUT2D eigenvalue weighted by Crippen LogP contribution is -2.46. The molecule has 3 N–H and O–H groups in total. The van der Waals surface area contributed by atoms with Gasteiger partial charge in [0.1, 0.15) is 6.04 Å². The largest absolute Gasteiger partial charge is 0.376 e. The van der Waals surface area contributed by atoms with Crippen molar-refractivity contribution in [3.05, 3.63) is 28.7 Å². The van der Waals surface area contributed by atoms with Crippen LogP contribution in [0.3, 0.4) is 0 Å². The highest BCUT2D eigenvalue weighted by Gasteiger charge is 2.13. The van der Waals surface area contributed by atoms with E-state index in [-0.39, 0.29) is 18.4 Å². The molecular formula is C13H18BrN3O2. The van der Waals surface area contributed by atoms with Crippen LogP contribution < -0.4 is 16.0 Å². The number of anilines is 1. The number of benzene rings is 1. The number of carbonyl (C=O) groups is 2. The van der Waals surface area contributed by atoms with Crippen LogP contribution in [0.15, 0.2) is 28.7 Å². The van der Waals surface area contributed by atoms with Crippen molar-refractivity contribution in [2.75, 3.05) is 18.4 Å². The quantitative estimate of drug-likeness (QED) is 0.741. The Balaban J connectivity index is 2.35. The fraction of sp³-hybridized carbons (Fsp3) is 0.385. The fourth-order valence-corrected chi connectivity index (χ4v) is 1.70. The maximum atomic E-state index is 11.6. The summed E-state index contributed by atoms with van der Waals surface area (Å²) in [5.41, 5.74) is 0.851. The second-order valence-electron chi connectivity index (χ2n) is 4.04. The maximum Gasteiger partial charge on any atom is 0.242 e. The Labute approximate surface area is 121 Å². The van der Waals surface area contributed by atoms with Crippen molar-refractivity contribution in [2.45, 2.75) is 19.9 Å². The van der Waals surface area contributed by atoms with Crippen molar-refractivity contribution in [3.8, 4) is 0 Å². The lowest BCUT2D eigenvalue weighted by atomic mass is 10.3. The predicted molar refractivity (Wildman–Crippen MR) is 78.9 cm³/mol. The molecule has 0 aromatic heterocycles. The van der Waals surface area contributed by atoms with E-state index in [0.29, 0.717) is 6.54 Å². The van der Waals surface area contributed by atoms with E-state index in [4.69, 9.17) is 0 Å². The van der Waals surface area contributed by atoms with Crippen LogP contribution in [-0.2, 0) is 9.59 Å². The minimum atomic E-state index is -0.529. The Morgan fingerprint density at radius 2 is 1.89 bits per heavy atom. The van der Waals surface area contributed by atoms with Crippen molar-refractivity contribution in [2.24, 2.45) is 0 Å². The number of likely N-dealkylation sites (N-methyl/N-ethyl adjacent to an activating group) is 1. The summed E-state index contributed by atoms with van der Waals surface area (Å²) in [5, 5.41) is 8.26. The van der Waals surface area contributed by atoms with Crippen LogP contribution in [-0.4, -0.2) is 30.9 Å². The van der Waals surface area contributed by atoms with Crippen LogP contribution in [0, 0.1) is 0 Å². The van der Waals surface area contributed by atoms with Gasteiger partial charge in [0.15, 0.2) is 0 Å². The Kier molecular flexibility index (Phi) is 6.35. The number of halogens is 1. The second-order valence-corrected chi connectivity index (χ2v) is 4.96. The number of carbonyl (C=O) groups excluding carboxylic acids is 2. The van der Waals surface area contributed by atoms with Gasteiger partial charge in [-0.25, -0.2) is 0 Å². The van der Waals surface area contributed by atoms with Gasteiger partial charge in [0.25, 0.3) is 0 Å². The Morgan fingerprint density at radius 1 is 1.26 bits per heavy atom. The third-order valence-corrected chi connectivity index (χ3v) is 2.95. The summed E-state index contributed by atoms with van der Waals surface area (Å²) in [6.45, 7) is 4.17. The first-order valence-electron chi connectivity index (χ1n) is 6.09. The van der Waals surface area contributed by atoms with Crippen molar-refractivity contribution in [1.82, 2.24) is 10.6 Å². The van der Waals surface area contributed by atoms with Crippen LogP contribution in [0.5, 0.6) is 0 Å². The van der Waals surface area contributed by atoms with Crippen molar-refractivity contribution in [1.29, 1.82) is 0 Å². The molecule has 0 saturated carbocycles. The molecule has 0 heterocycles. The molecule has 1 aromatic rings.